The highest BCUT2D eigenvalue weighted by Crippen LogP contribution is 2.10. The van der Waals surface area contributed by atoms with Gasteiger partial charge in [-0.2, -0.15) is 0 Å². The maximum absolute atomic E-state index is 11.6. The van der Waals surface area contributed by atoms with E-state index in [0.717, 1.165) is 0 Å². The van der Waals surface area contributed by atoms with Crippen molar-refractivity contribution in [2.45, 2.75) is 6.54 Å². The van der Waals surface area contributed by atoms with Crippen LogP contribution in [0.1, 0.15) is 4.88 Å². The van der Waals surface area contributed by atoms with Crippen molar-refractivity contribution in [2.24, 2.45) is 0 Å². The summed E-state index contributed by atoms with van der Waals surface area (Å²) in [5.74, 6) is 0.102. The van der Waals surface area contributed by atoms with E-state index in [2.05, 4.69) is 11.9 Å². The molecule has 0 bridgehead atoms. The number of nitrogens with one attached hydrogen (secondary N) is 1. The summed E-state index contributed by atoms with van der Waals surface area (Å²) >= 11 is 1.67. The largest absolute Gasteiger partial charge is 0.340 e. The van der Waals surface area contributed by atoms with Crippen LogP contribution >= 0.6 is 11.3 Å². The van der Waals surface area contributed by atoms with Gasteiger partial charge in [-0.25, -0.2) is 0 Å². The van der Waals surface area contributed by atoms with Crippen LogP contribution in [0.25, 0.3) is 0 Å². The Morgan fingerprint density at radius 2 is 2.53 bits per heavy atom. The van der Waals surface area contributed by atoms with E-state index in [1.54, 1.807) is 22.3 Å². The first-order valence-electron chi connectivity index (χ1n) is 4.82. The number of carbonyl (C=O) groups excluding carboxylic acids is 1. The lowest BCUT2D eigenvalue weighted by atomic mass is 10.4. The summed E-state index contributed by atoms with van der Waals surface area (Å²) in [6.07, 6.45) is 1.74. The summed E-state index contributed by atoms with van der Waals surface area (Å²) in [5, 5.41) is 5.01. The highest BCUT2D eigenvalue weighted by Gasteiger charge is 2.08. The third-order valence-electron chi connectivity index (χ3n) is 1.96. The van der Waals surface area contributed by atoms with Crippen LogP contribution in [0, 0.1) is 0 Å². The van der Waals surface area contributed by atoms with E-state index < -0.39 is 0 Å². The lowest BCUT2D eigenvalue weighted by Crippen LogP contribution is -2.35. The van der Waals surface area contributed by atoms with E-state index in [1.807, 2.05) is 24.6 Å². The molecular formula is C11H16N2OS. The number of hydrogen-bond acceptors (Lipinski definition) is 3. The average molecular weight is 224 g/mol. The molecule has 0 unspecified atom stereocenters. The predicted octanol–water partition coefficient (Wildman–Crippen LogP) is 1.48. The molecule has 1 amide bonds. The molecule has 0 aliphatic carbocycles. The first-order chi connectivity index (χ1) is 7.24. The molecule has 0 atom stereocenters. The minimum atomic E-state index is 0.102. The van der Waals surface area contributed by atoms with Crippen LogP contribution in [-0.2, 0) is 11.3 Å². The van der Waals surface area contributed by atoms with Gasteiger partial charge in [-0.05, 0) is 11.4 Å². The van der Waals surface area contributed by atoms with Crippen LogP contribution in [0.2, 0.25) is 0 Å². The maximum Gasteiger partial charge on any atom is 0.236 e. The molecule has 0 spiro atoms. The third-order valence-corrected chi connectivity index (χ3v) is 2.82. The van der Waals surface area contributed by atoms with Crippen LogP contribution in [-0.4, -0.2) is 30.9 Å². The number of rotatable bonds is 6. The summed E-state index contributed by atoms with van der Waals surface area (Å²) in [6, 6.07) is 4.03. The smallest absolute Gasteiger partial charge is 0.236 e. The van der Waals surface area contributed by atoms with Crippen LogP contribution < -0.4 is 5.32 Å². The molecule has 1 N–H and O–H groups in total. The number of carbonyl (C=O) groups is 1. The van der Waals surface area contributed by atoms with E-state index in [1.165, 1.54) is 4.88 Å². The monoisotopic (exact) mass is 224 g/mol. The topological polar surface area (TPSA) is 32.3 Å². The van der Waals surface area contributed by atoms with Crippen LogP contribution in [0.4, 0.5) is 0 Å². The Kier molecular flexibility index (Phi) is 5.07. The normalized spacial score (nSPS) is 9.93. The zero-order valence-corrected chi connectivity index (χ0v) is 9.72. The molecule has 0 saturated heterocycles. The van der Waals surface area contributed by atoms with Crippen molar-refractivity contribution in [1.82, 2.24) is 10.2 Å². The molecule has 15 heavy (non-hydrogen) atoms. The van der Waals surface area contributed by atoms with Gasteiger partial charge in [-0.1, -0.05) is 12.1 Å². The maximum atomic E-state index is 11.6. The van der Waals surface area contributed by atoms with Gasteiger partial charge in [0.05, 0.1) is 13.1 Å². The second-order valence-corrected chi connectivity index (χ2v) is 4.28. The molecule has 1 rings (SSSR count). The van der Waals surface area contributed by atoms with Crippen molar-refractivity contribution in [2.75, 3.05) is 20.1 Å². The van der Waals surface area contributed by atoms with Gasteiger partial charge in [0, 0.05) is 18.5 Å². The lowest BCUT2D eigenvalue weighted by molar-refractivity contribution is -0.129. The molecule has 1 heterocycles. The number of likely N-dealkylation sites (N-methyl/N-ethyl adjacent to an activating group) is 1. The van der Waals surface area contributed by atoms with E-state index in [0.29, 0.717) is 19.6 Å². The van der Waals surface area contributed by atoms with Crippen molar-refractivity contribution >= 4 is 17.2 Å². The number of nitrogens with zero attached hydrogens (tertiary/aromatic N) is 1. The van der Waals surface area contributed by atoms with E-state index >= 15 is 0 Å². The zero-order valence-electron chi connectivity index (χ0n) is 8.90. The second-order valence-electron chi connectivity index (χ2n) is 3.25. The molecule has 0 fully saturated rings. The fraction of sp³-hybridized carbons (Fsp3) is 0.364. The van der Waals surface area contributed by atoms with E-state index in [-0.39, 0.29) is 5.91 Å². The summed E-state index contributed by atoms with van der Waals surface area (Å²) in [6.45, 7) is 5.30. The Balaban J connectivity index is 2.30. The molecule has 82 valence electrons. The molecule has 0 radical (unpaired) electrons. The van der Waals surface area contributed by atoms with Gasteiger partial charge in [0.2, 0.25) is 5.91 Å². The number of thiophene rings is 1. The fourth-order valence-electron chi connectivity index (χ4n) is 1.14. The van der Waals surface area contributed by atoms with Gasteiger partial charge < -0.3 is 10.2 Å². The summed E-state index contributed by atoms with van der Waals surface area (Å²) in [5.41, 5.74) is 0. The third kappa shape index (κ3) is 4.27. The molecule has 3 nitrogen and oxygen atoms in total. The quantitative estimate of drug-likeness (QED) is 0.586. The average Bonchev–Trinajstić information content (AvgIpc) is 2.70. The van der Waals surface area contributed by atoms with Crippen LogP contribution in [0.3, 0.4) is 0 Å². The van der Waals surface area contributed by atoms with Gasteiger partial charge >= 0.3 is 0 Å². The summed E-state index contributed by atoms with van der Waals surface area (Å²) < 4.78 is 0. The van der Waals surface area contributed by atoms with Crippen molar-refractivity contribution in [3.63, 3.8) is 0 Å². The summed E-state index contributed by atoms with van der Waals surface area (Å²) in [7, 11) is 1.82. The fourth-order valence-corrected chi connectivity index (χ4v) is 1.90. The molecule has 1 aromatic rings. The Labute approximate surface area is 94.4 Å². The minimum absolute atomic E-state index is 0.102. The van der Waals surface area contributed by atoms with Crippen molar-refractivity contribution < 1.29 is 4.79 Å². The van der Waals surface area contributed by atoms with Gasteiger partial charge in [0.15, 0.2) is 0 Å². The molecule has 1 aromatic heterocycles. The standard InChI is InChI=1S/C11H16N2OS/c1-3-6-12-8-11(14)13(2)9-10-5-4-7-15-10/h3-5,7,12H,1,6,8-9H2,2H3. The molecule has 0 aromatic carbocycles. The van der Waals surface area contributed by atoms with Gasteiger partial charge in [0.1, 0.15) is 0 Å². The summed E-state index contributed by atoms with van der Waals surface area (Å²) in [4.78, 5) is 14.5. The highest BCUT2D eigenvalue weighted by atomic mass is 32.1. The SMILES string of the molecule is C=CCNCC(=O)N(C)Cc1cccs1. The molecule has 0 aliphatic rings. The predicted molar refractivity (Wildman–Crippen MR) is 63.9 cm³/mol. The van der Waals surface area contributed by atoms with Crippen LogP contribution in [0.5, 0.6) is 0 Å². The Bertz CT molecular complexity index is 308. The number of hydrogen-bond donors (Lipinski definition) is 1. The van der Waals surface area contributed by atoms with Crippen LogP contribution in [0.15, 0.2) is 30.2 Å². The molecule has 4 heteroatoms. The Morgan fingerprint density at radius 1 is 1.73 bits per heavy atom. The minimum Gasteiger partial charge on any atom is -0.340 e. The Hall–Kier alpha value is -1.13. The zero-order chi connectivity index (χ0) is 11.1. The van der Waals surface area contributed by atoms with E-state index in [9.17, 15) is 4.79 Å². The van der Waals surface area contributed by atoms with Gasteiger partial charge in [-0.3, -0.25) is 4.79 Å². The number of amides is 1. The second kappa shape index (κ2) is 6.37. The van der Waals surface area contributed by atoms with Crippen molar-refractivity contribution in [1.29, 1.82) is 0 Å². The molecule has 0 saturated carbocycles. The first-order valence-corrected chi connectivity index (χ1v) is 5.70. The van der Waals surface area contributed by atoms with Gasteiger partial charge in [0.25, 0.3) is 0 Å². The van der Waals surface area contributed by atoms with E-state index in [4.69, 9.17) is 0 Å². The highest BCUT2D eigenvalue weighted by molar-refractivity contribution is 7.09. The van der Waals surface area contributed by atoms with Gasteiger partial charge in [-0.15, -0.1) is 17.9 Å². The molecular weight excluding hydrogens is 208 g/mol. The Morgan fingerprint density at radius 3 is 3.13 bits per heavy atom. The lowest BCUT2D eigenvalue weighted by Gasteiger charge is -2.16. The molecule has 0 aliphatic heterocycles. The first kappa shape index (κ1) is 11.9. The van der Waals surface area contributed by atoms with Crippen molar-refractivity contribution in [3.05, 3.63) is 35.0 Å². The van der Waals surface area contributed by atoms with Crippen molar-refractivity contribution in [3.8, 4) is 0 Å².